The average molecular weight is 341 g/mol. The summed E-state index contributed by atoms with van der Waals surface area (Å²) < 4.78 is 1.11. The number of hydrogen-bond donors (Lipinski definition) is 0. The first kappa shape index (κ1) is 13.2. The highest BCUT2D eigenvalue weighted by Gasteiger charge is 2.62. The van der Waals surface area contributed by atoms with Crippen LogP contribution in [0.2, 0.25) is 0 Å². The maximum absolute atomic E-state index is 4.95. The quantitative estimate of drug-likeness (QED) is 0.739. The number of fused-ring (bicyclic) bond motifs is 1. The van der Waals surface area contributed by atoms with Crippen LogP contribution in [0.4, 0.5) is 0 Å². The SMILES string of the molecule is CC1(C)N=C(c2ccc(Br)cc2)[C@@H]2[C@H](c3ccccc3)N21. The predicted octanol–water partition coefficient (Wildman–Crippen LogP) is 4.41. The molecule has 2 aromatic rings. The normalized spacial score (nSPS) is 28.9. The van der Waals surface area contributed by atoms with Crippen LogP contribution in [0.5, 0.6) is 0 Å². The van der Waals surface area contributed by atoms with Gasteiger partial charge in [0.05, 0.1) is 17.8 Å². The second-order valence-corrected chi connectivity index (χ2v) is 7.12. The minimum Gasteiger partial charge on any atom is -0.266 e. The van der Waals surface area contributed by atoms with Crippen molar-refractivity contribution in [3.8, 4) is 0 Å². The third-order valence-corrected chi connectivity index (χ3v) is 4.92. The first-order chi connectivity index (χ1) is 10.1. The van der Waals surface area contributed by atoms with Gasteiger partial charge in [-0.15, -0.1) is 0 Å². The molecule has 2 aliphatic heterocycles. The number of nitrogens with zero attached hydrogens (tertiary/aromatic N) is 2. The smallest absolute Gasteiger partial charge is 0.109 e. The van der Waals surface area contributed by atoms with Gasteiger partial charge in [-0.1, -0.05) is 58.4 Å². The summed E-state index contributed by atoms with van der Waals surface area (Å²) in [5.41, 5.74) is 3.73. The molecule has 21 heavy (non-hydrogen) atoms. The van der Waals surface area contributed by atoms with Gasteiger partial charge >= 0.3 is 0 Å². The van der Waals surface area contributed by atoms with E-state index in [9.17, 15) is 0 Å². The van der Waals surface area contributed by atoms with Crippen molar-refractivity contribution in [1.29, 1.82) is 0 Å². The summed E-state index contributed by atoms with van der Waals surface area (Å²) in [7, 11) is 0. The molecular weight excluding hydrogens is 324 g/mol. The first-order valence-corrected chi connectivity index (χ1v) is 8.06. The zero-order valence-corrected chi connectivity index (χ0v) is 13.7. The van der Waals surface area contributed by atoms with Crippen molar-refractivity contribution < 1.29 is 0 Å². The minimum absolute atomic E-state index is 0.117. The Bertz CT molecular complexity index is 704. The lowest BCUT2D eigenvalue weighted by molar-refractivity contribution is 0.281. The molecule has 0 aliphatic carbocycles. The van der Waals surface area contributed by atoms with Crippen molar-refractivity contribution >= 4 is 21.6 Å². The minimum atomic E-state index is -0.117. The summed E-state index contributed by atoms with van der Waals surface area (Å²) in [5, 5.41) is 0. The number of halogens is 1. The molecule has 0 N–H and O–H groups in total. The van der Waals surface area contributed by atoms with E-state index in [1.807, 2.05) is 0 Å². The van der Waals surface area contributed by atoms with Crippen LogP contribution >= 0.6 is 15.9 Å². The van der Waals surface area contributed by atoms with Gasteiger partial charge in [0.1, 0.15) is 5.66 Å². The maximum atomic E-state index is 4.95. The Morgan fingerprint density at radius 2 is 1.62 bits per heavy atom. The van der Waals surface area contributed by atoms with E-state index in [0.717, 1.165) is 4.47 Å². The number of hydrogen-bond acceptors (Lipinski definition) is 2. The van der Waals surface area contributed by atoms with E-state index >= 15 is 0 Å². The Kier molecular flexibility index (Phi) is 2.85. The summed E-state index contributed by atoms with van der Waals surface area (Å²) >= 11 is 3.50. The van der Waals surface area contributed by atoms with Crippen LogP contribution in [0.1, 0.15) is 31.0 Å². The zero-order chi connectivity index (χ0) is 14.6. The topological polar surface area (TPSA) is 15.4 Å². The van der Waals surface area contributed by atoms with E-state index in [2.05, 4.69) is 89.3 Å². The zero-order valence-electron chi connectivity index (χ0n) is 12.1. The average Bonchev–Trinajstić information content (AvgIpc) is 3.17. The summed E-state index contributed by atoms with van der Waals surface area (Å²) in [6.45, 7) is 4.41. The van der Waals surface area contributed by atoms with Gasteiger partial charge < -0.3 is 0 Å². The van der Waals surface area contributed by atoms with Gasteiger partial charge in [-0.2, -0.15) is 0 Å². The third-order valence-electron chi connectivity index (χ3n) is 4.40. The molecule has 2 heterocycles. The lowest BCUT2D eigenvalue weighted by Crippen LogP contribution is -2.25. The molecule has 0 spiro atoms. The molecule has 2 aromatic carbocycles. The Labute approximate surface area is 133 Å². The van der Waals surface area contributed by atoms with Crippen LogP contribution in [0, 0.1) is 0 Å². The standard InChI is InChI=1S/C18H17BrN2/c1-18(2)20-15(12-8-10-14(19)11-9-12)17-16(21(17)18)13-6-4-3-5-7-13/h3-11,16-17H,1-2H3/t16-,17+,21?/m0/s1. The van der Waals surface area contributed by atoms with Gasteiger partial charge in [-0.05, 0) is 37.1 Å². The lowest BCUT2D eigenvalue weighted by Gasteiger charge is -2.20. The summed E-state index contributed by atoms with van der Waals surface area (Å²) in [4.78, 5) is 7.45. The Morgan fingerprint density at radius 3 is 2.29 bits per heavy atom. The maximum Gasteiger partial charge on any atom is 0.109 e. The summed E-state index contributed by atoms with van der Waals surface area (Å²) in [6.07, 6.45) is 0. The van der Waals surface area contributed by atoms with E-state index in [4.69, 9.17) is 4.99 Å². The number of benzene rings is 2. The molecule has 0 saturated carbocycles. The van der Waals surface area contributed by atoms with Crippen molar-refractivity contribution in [1.82, 2.24) is 4.90 Å². The van der Waals surface area contributed by atoms with E-state index in [0.29, 0.717) is 12.1 Å². The van der Waals surface area contributed by atoms with Crippen LogP contribution in [0.15, 0.2) is 64.1 Å². The fraction of sp³-hybridized carbons (Fsp3) is 0.278. The molecule has 0 radical (unpaired) electrons. The Balaban J connectivity index is 1.72. The van der Waals surface area contributed by atoms with Crippen LogP contribution in [-0.2, 0) is 0 Å². The number of aliphatic imine (C=N–C) groups is 1. The fourth-order valence-electron chi connectivity index (χ4n) is 3.46. The highest BCUT2D eigenvalue weighted by atomic mass is 79.9. The van der Waals surface area contributed by atoms with Crippen molar-refractivity contribution in [3.05, 3.63) is 70.2 Å². The highest BCUT2D eigenvalue weighted by Crippen LogP contribution is 2.54. The molecule has 0 amide bonds. The van der Waals surface area contributed by atoms with Gasteiger partial charge in [-0.3, -0.25) is 9.89 Å². The molecule has 2 nitrogen and oxygen atoms in total. The van der Waals surface area contributed by atoms with Gasteiger partial charge in [0.25, 0.3) is 0 Å². The molecule has 0 bridgehead atoms. The van der Waals surface area contributed by atoms with Gasteiger partial charge in [0.15, 0.2) is 0 Å². The molecule has 2 aliphatic rings. The van der Waals surface area contributed by atoms with E-state index in [-0.39, 0.29) is 5.66 Å². The van der Waals surface area contributed by atoms with Crippen LogP contribution < -0.4 is 0 Å². The fourth-order valence-corrected chi connectivity index (χ4v) is 3.73. The Hall–Kier alpha value is -1.45. The van der Waals surface area contributed by atoms with E-state index in [1.165, 1.54) is 16.8 Å². The molecule has 106 valence electrons. The highest BCUT2D eigenvalue weighted by molar-refractivity contribution is 9.10. The lowest BCUT2D eigenvalue weighted by atomic mass is 10.0. The van der Waals surface area contributed by atoms with E-state index in [1.54, 1.807) is 0 Å². The van der Waals surface area contributed by atoms with Gasteiger partial charge in [0, 0.05) is 4.47 Å². The predicted molar refractivity (Wildman–Crippen MR) is 89.6 cm³/mol. The first-order valence-electron chi connectivity index (χ1n) is 7.27. The Morgan fingerprint density at radius 1 is 0.952 bits per heavy atom. The van der Waals surface area contributed by atoms with Crippen molar-refractivity contribution in [2.24, 2.45) is 4.99 Å². The molecule has 1 fully saturated rings. The number of rotatable bonds is 2. The van der Waals surface area contributed by atoms with E-state index < -0.39 is 0 Å². The van der Waals surface area contributed by atoms with Gasteiger partial charge in [-0.25, -0.2) is 0 Å². The monoisotopic (exact) mass is 340 g/mol. The second kappa shape index (κ2) is 4.52. The second-order valence-electron chi connectivity index (χ2n) is 6.21. The third kappa shape index (κ3) is 2.07. The largest absolute Gasteiger partial charge is 0.266 e. The molecule has 1 unspecified atom stereocenters. The van der Waals surface area contributed by atoms with Crippen molar-refractivity contribution in [2.45, 2.75) is 31.6 Å². The molecule has 4 rings (SSSR count). The van der Waals surface area contributed by atoms with Crippen LogP contribution in [-0.4, -0.2) is 22.3 Å². The molecule has 0 aromatic heterocycles. The van der Waals surface area contributed by atoms with Crippen molar-refractivity contribution in [3.63, 3.8) is 0 Å². The molecule has 3 atom stereocenters. The van der Waals surface area contributed by atoms with Crippen molar-refractivity contribution in [2.75, 3.05) is 0 Å². The summed E-state index contributed by atoms with van der Waals surface area (Å²) in [6, 6.07) is 20.1. The summed E-state index contributed by atoms with van der Waals surface area (Å²) in [5.74, 6) is 0. The van der Waals surface area contributed by atoms with Crippen LogP contribution in [0.3, 0.4) is 0 Å². The molecular formula is C18H17BrN2. The van der Waals surface area contributed by atoms with Gasteiger partial charge in [0.2, 0.25) is 0 Å². The molecule has 3 heteroatoms. The molecule has 1 saturated heterocycles. The van der Waals surface area contributed by atoms with Crippen LogP contribution in [0.25, 0.3) is 0 Å².